The van der Waals surface area contributed by atoms with Gasteiger partial charge in [0.05, 0.1) is 13.0 Å². The lowest BCUT2D eigenvalue weighted by Gasteiger charge is -2.17. The molecular formula is C15H16F3NO. The molecule has 0 aromatic heterocycles. The smallest absolute Gasteiger partial charge is 0.392 e. The first-order valence-electron chi connectivity index (χ1n) is 6.35. The van der Waals surface area contributed by atoms with E-state index >= 15 is 0 Å². The van der Waals surface area contributed by atoms with Crippen LogP contribution in [-0.2, 0) is 0 Å². The minimum atomic E-state index is -4.22. The van der Waals surface area contributed by atoms with Gasteiger partial charge in [0, 0.05) is 17.0 Å². The highest BCUT2D eigenvalue weighted by Gasteiger charge is 2.27. The second-order valence-electron chi connectivity index (χ2n) is 4.71. The number of hydrogen-bond acceptors (Lipinski definition) is 2. The van der Waals surface area contributed by atoms with Gasteiger partial charge in [-0.1, -0.05) is 36.4 Å². The Kier molecular flexibility index (Phi) is 4.18. The Labute approximate surface area is 115 Å². The summed E-state index contributed by atoms with van der Waals surface area (Å²) in [6.45, 7) is 1.37. The van der Waals surface area contributed by atoms with Crippen LogP contribution in [-0.4, -0.2) is 12.8 Å². The minimum absolute atomic E-state index is 0.305. The molecule has 2 aromatic rings. The van der Waals surface area contributed by atoms with E-state index in [-0.39, 0.29) is 6.04 Å². The largest absolute Gasteiger partial charge is 0.492 e. The lowest BCUT2D eigenvalue weighted by atomic mass is 10.0. The number of alkyl halides is 3. The highest BCUT2D eigenvalue weighted by Crippen LogP contribution is 2.33. The van der Waals surface area contributed by atoms with Gasteiger partial charge in [0.25, 0.3) is 0 Å². The van der Waals surface area contributed by atoms with Crippen LogP contribution in [0.15, 0.2) is 36.4 Å². The van der Waals surface area contributed by atoms with E-state index < -0.39 is 19.2 Å². The van der Waals surface area contributed by atoms with Crippen LogP contribution < -0.4 is 10.5 Å². The Morgan fingerprint density at radius 1 is 1.15 bits per heavy atom. The Morgan fingerprint density at radius 3 is 2.50 bits per heavy atom. The fourth-order valence-corrected chi connectivity index (χ4v) is 2.05. The molecule has 0 spiro atoms. The van der Waals surface area contributed by atoms with Crippen molar-refractivity contribution in [3.8, 4) is 5.75 Å². The van der Waals surface area contributed by atoms with Gasteiger partial charge < -0.3 is 10.5 Å². The monoisotopic (exact) mass is 283 g/mol. The number of halogens is 3. The molecule has 2 N–H and O–H groups in total. The Balaban J connectivity index is 2.35. The summed E-state index contributed by atoms with van der Waals surface area (Å²) in [5.74, 6) is 0.447. The standard InChI is InChI=1S/C15H16F3NO/c1-10(19)12-7-6-11-4-2-3-5-13(11)14(12)20-9-8-15(16,17)18/h2-7,10H,8-9,19H2,1H3/t10-/m0/s1. The van der Waals surface area contributed by atoms with Crippen LogP contribution in [0, 0.1) is 0 Å². The molecule has 0 radical (unpaired) electrons. The minimum Gasteiger partial charge on any atom is -0.492 e. The lowest BCUT2D eigenvalue weighted by Crippen LogP contribution is -2.15. The second-order valence-corrected chi connectivity index (χ2v) is 4.71. The molecule has 108 valence electrons. The molecule has 1 atom stereocenters. The predicted octanol–water partition coefficient (Wildman–Crippen LogP) is 4.19. The van der Waals surface area contributed by atoms with E-state index in [1.807, 2.05) is 30.3 Å². The molecular weight excluding hydrogens is 267 g/mol. The van der Waals surface area contributed by atoms with E-state index in [0.29, 0.717) is 11.3 Å². The van der Waals surface area contributed by atoms with Gasteiger partial charge in [-0.3, -0.25) is 0 Å². The topological polar surface area (TPSA) is 35.2 Å². The molecule has 0 aliphatic rings. The summed E-state index contributed by atoms with van der Waals surface area (Å²) in [6.07, 6.45) is -5.20. The third-order valence-electron chi connectivity index (χ3n) is 3.03. The summed E-state index contributed by atoms with van der Waals surface area (Å²) >= 11 is 0. The van der Waals surface area contributed by atoms with E-state index in [4.69, 9.17) is 10.5 Å². The maximum atomic E-state index is 12.2. The molecule has 0 saturated carbocycles. The van der Waals surface area contributed by atoms with Crippen LogP contribution in [0.25, 0.3) is 10.8 Å². The first-order valence-corrected chi connectivity index (χ1v) is 6.35. The van der Waals surface area contributed by atoms with Gasteiger partial charge in [-0.15, -0.1) is 0 Å². The van der Waals surface area contributed by atoms with Gasteiger partial charge in [0.2, 0.25) is 0 Å². The molecule has 5 heteroatoms. The van der Waals surface area contributed by atoms with Crippen molar-refractivity contribution in [3.63, 3.8) is 0 Å². The van der Waals surface area contributed by atoms with Crippen molar-refractivity contribution in [2.24, 2.45) is 5.73 Å². The number of nitrogens with two attached hydrogens (primary N) is 1. The first-order chi connectivity index (χ1) is 9.38. The van der Waals surface area contributed by atoms with Crippen LogP contribution in [0.2, 0.25) is 0 Å². The summed E-state index contributed by atoms with van der Waals surface area (Å²) in [7, 11) is 0. The number of ether oxygens (including phenoxy) is 1. The quantitative estimate of drug-likeness (QED) is 0.913. The summed E-state index contributed by atoms with van der Waals surface area (Å²) in [4.78, 5) is 0. The van der Waals surface area contributed by atoms with Crippen molar-refractivity contribution in [2.75, 3.05) is 6.61 Å². The molecule has 20 heavy (non-hydrogen) atoms. The van der Waals surface area contributed by atoms with Gasteiger partial charge in [-0.25, -0.2) is 0 Å². The lowest BCUT2D eigenvalue weighted by molar-refractivity contribution is -0.139. The number of fused-ring (bicyclic) bond motifs is 1. The molecule has 2 rings (SSSR count). The van der Waals surface area contributed by atoms with Crippen molar-refractivity contribution in [2.45, 2.75) is 25.6 Å². The molecule has 0 aliphatic heterocycles. The maximum absolute atomic E-state index is 12.2. The van der Waals surface area contributed by atoms with Crippen molar-refractivity contribution in [1.29, 1.82) is 0 Å². The molecule has 0 saturated heterocycles. The van der Waals surface area contributed by atoms with E-state index in [2.05, 4.69) is 0 Å². The van der Waals surface area contributed by atoms with Crippen LogP contribution >= 0.6 is 0 Å². The van der Waals surface area contributed by atoms with Crippen molar-refractivity contribution in [3.05, 3.63) is 42.0 Å². The van der Waals surface area contributed by atoms with Gasteiger partial charge >= 0.3 is 6.18 Å². The molecule has 0 unspecified atom stereocenters. The fourth-order valence-electron chi connectivity index (χ4n) is 2.05. The predicted molar refractivity (Wildman–Crippen MR) is 72.7 cm³/mol. The normalized spacial score (nSPS) is 13.4. The highest BCUT2D eigenvalue weighted by molar-refractivity contribution is 5.89. The Bertz CT molecular complexity index is 593. The maximum Gasteiger partial charge on any atom is 0.392 e. The molecule has 0 fully saturated rings. The van der Waals surface area contributed by atoms with Gasteiger partial charge in [-0.2, -0.15) is 13.2 Å². The third-order valence-corrected chi connectivity index (χ3v) is 3.03. The van der Waals surface area contributed by atoms with E-state index in [1.54, 1.807) is 13.0 Å². The van der Waals surface area contributed by atoms with Gasteiger partial charge in [-0.05, 0) is 12.3 Å². The highest BCUT2D eigenvalue weighted by atomic mass is 19.4. The SMILES string of the molecule is C[C@H](N)c1ccc2ccccc2c1OCCC(F)(F)F. The van der Waals surface area contributed by atoms with Crippen molar-refractivity contribution in [1.82, 2.24) is 0 Å². The van der Waals surface area contributed by atoms with E-state index in [0.717, 1.165) is 10.8 Å². The molecule has 2 nitrogen and oxygen atoms in total. The summed E-state index contributed by atoms with van der Waals surface area (Å²) < 4.78 is 42.1. The molecule has 0 amide bonds. The molecule has 0 bridgehead atoms. The number of rotatable bonds is 4. The zero-order valence-corrected chi connectivity index (χ0v) is 11.1. The zero-order chi connectivity index (χ0) is 14.8. The average molecular weight is 283 g/mol. The Hall–Kier alpha value is -1.75. The van der Waals surface area contributed by atoms with Crippen LogP contribution in [0.5, 0.6) is 5.75 Å². The fraction of sp³-hybridized carbons (Fsp3) is 0.333. The van der Waals surface area contributed by atoms with Crippen molar-refractivity contribution >= 4 is 10.8 Å². The number of hydrogen-bond donors (Lipinski definition) is 1. The van der Waals surface area contributed by atoms with Gasteiger partial charge in [0.15, 0.2) is 0 Å². The van der Waals surface area contributed by atoms with Crippen LogP contribution in [0.3, 0.4) is 0 Å². The van der Waals surface area contributed by atoms with Crippen LogP contribution in [0.4, 0.5) is 13.2 Å². The van der Waals surface area contributed by atoms with E-state index in [1.165, 1.54) is 0 Å². The Morgan fingerprint density at radius 2 is 1.85 bits per heavy atom. The summed E-state index contributed by atoms with van der Waals surface area (Å²) in [5.41, 5.74) is 6.57. The van der Waals surface area contributed by atoms with Crippen LogP contribution in [0.1, 0.15) is 24.9 Å². The van der Waals surface area contributed by atoms with E-state index in [9.17, 15) is 13.2 Å². The van der Waals surface area contributed by atoms with Crippen molar-refractivity contribution < 1.29 is 17.9 Å². The zero-order valence-electron chi connectivity index (χ0n) is 11.1. The second kappa shape index (κ2) is 5.71. The third kappa shape index (κ3) is 3.42. The summed E-state index contributed by atoms with van der Waals surface area (Å²) in [5, 5.41) is 1.70. The number of benzene rings is 2. The average Bonchev–Trinajstić information content (AvgIpc) is 2.37. The molecule has 0 heterocycles. The molecule has 2 aromatic carbocycles. The molecule has 0 aliphatic carbocycles. The van der Waals surface area contributed by atoms with Gasteiger partial charge in [0.1, 0.15) is 5.75 Å². The summed E-state index contributed by atoms with van der Waals surface area (Å²) in [6, 6.07) is 10.8. The first kappa shape index (κ1) is 14.7.